The van der Waals surface area contributed by atoms with Crippen LogP contribution in [0.5, 0.6) is 0 Å². The zero-order chi connectivity index (χ0) is 9.84. The molecular weight excluding hydrogens is 168 g/mol. The minimum atomic E-state index is 0.0604. The molecule has 76 valence electrons. The Balaban J connectivity index is 2.37. The number of amides is 1. The first-order valence-electron chi connectivity index (χ1n) is 4.82. The first-order valence-corrected chi connectivity index (χ1v) is 4.82. The van der Waals surface area contributed by atoms with Gasteiger partial charge >= 0.3 is 0 Å². The third kappa shape index (κ3) is 2.67. The summed E-state index contributed by atoms with van der Waals surface area (Å²) in [6.45, 7) is 5.34. The van der Waals surface area contributed by atoms with Crippen molar-refractivity contribution in [2.45, 2.75) is 32.8 Å². The minimum Gasteiger partial charge on any atom is -0.330 e. The van der Waals surface area contributed by atoms with Gasteiger partial charge in [0.05, 0.1) is 12.5 Å². The molecule has 0 aromatic carbocycles. The third-order valence-electron chi connectivity index (χ3n) is 2.23. The van der Waals surface area contributed by atoms with Crippen molar-refractivity contribution in [1.82, 2.24) is 5.06 Å². The normalized spacial score (nSPS) is 23.2. The van der Waals surface area contributed by atoms with Crippen molar-refractivity contribution < 1.29 is 9.63 Å². The van der Waals surface area contributed by atoms with Crippen LogP contribution in [0.15, 0.2) is 0 Å². The maximum atomic E-state index is 11.4. The molecule has 4 heteroatoms. The van der Waals surface area contributed by atoms with Gasteiger partial charge in [0.1, 0.15) is 0 Å². The zero-order valence-electron chi connectivity index (χ0n) is 8.32. The summed E-state index contributed by atoms with van der Waals surface area (Å²) in [6, 6.07) is 0. The fourth-order valence-corrected chi connectivity index (χ4v) is 1.30. The number of nitrogens with two attached hydrogens (primary N) is 1. The topological polar surface area (TPSA) is 55.6 Å². The fraction of sp³-hybridized carbons (Fsp3) is 0.889. The Morgan fingerprint density at radius 2 is 2.38 bits per heavy atom. The standard InChI is InChI=1S/C9H18N2O2/c1-7(2)8-6-9(12)11(13-8)5-3-4-10/h7-8H,3-6,10H2,1-2H3. The van der Waals surface area contributed by atoms with Crippen LogP contribution in [0.3, 0.4) is 0 Å². The highest BCUT2D eigenvalue weighted by atomic mass is 16.7. The summed E-state index contributed by atoms with van der Waals surface area (Å²) in [6.07, 6.45) is 1.38. The van der Waals surface area contributed by atoms with E-state index < -0.39 is 0 Å². The van der Waals surface area contributed by atoms with Gasteiger partial charge in [-0.15, -0.1) is 0 Å². The number of carbonyl (C=O) groups excluding carboxylic acids is 1. The van der Waals surface area contributed by atoms with Gasteiger partial charge < -0.3 is 5.73 Å². The number of nitrogens with zero attached hydrogens (tertiary/aromatic N) is 1. The quantitative estimate of drug-likeness (QED) is 0.696. The van der Waals surface area contributed by atoms with Crippen molar-refractivity contribution in [3.63, 3.8) is 0 Å². The van der Waals surface area contributed by atoms with Gasteiger partial charge in [-0.25, -0.2) is 5.06 Å². The molecule has 13 heavy (non-hydrogen) atoms. The molecule has 1 aliphatic rings. The molecule has 0 radical (unpaired) electrons. The lowest BCUT2D eigenvalue weighted by Gasteiger charge is -2.17. The maximum absolute atomic E-state index is 11.4. The number of hydrogen-bond donors (Lipinski definition) is 1. The molecule has 0 aromatic heterocycles. The molecule has 0 aromatic rings. The second kappa shape index (κ2) is 4.58. The maximum Gasteiger partial charge on any atom is 0.248 e. The molecule has 0 bridgehead atoms. The zero-order valence-corrected chi connectivity index (χ0v) is 8.32. The van der Waals surface area contributed by atoms with E-state index in [0.717, 1.165) is 6.42 Å². The number of hydrogen-bond acceptors (Lipinski definition) is 3. The summed E-state index contributed by atoms with van der Waals surface area (Å²) >= 11 is 0. The Morgan fingerprint density at radius 3 is 2.85 bits per heavy atom. The monoisotopic (exact) mass is 186 g/mol. The second-order valence-corrected chi connectivity index (χ2v) is 3.73. The van der Waals surface area contributed by atoms with Crippen molar-refractivity contribution in [2.75, 3.05) is 13.1 Å². The summed E-state index contributed by atoms with van der Waals surface area (Å²) in [5, 5.41) is 1.46. The predicted molar refractivity (Wildman–Crippen MR) is 49.7 cm³/mol. The van der Waals surface area contributed by atoms with Crippen LogP contribution in [-0.4, -0.2) is 30.2 Å². The van der Waals surface area contributed by atoms with Crippen molar-refractivity contribution in [2.24, 2.45) is 11.7 Å². The predicted octanol–water partition coefficient (Wildman–Crippen LogP) is 0.524. The molecule has 0 aliphatic carbocycles. The molecule has 1 unspecified atom stereocenters. The van der Waals surface area contributed by atoms with E-state index in [-0.39, 0.29) is 12.0 Å². The van der Waals surface area contributed by atoms with E-state index in [1.165, 1.54) is 5.06 Å². The molecule has 1 fully saturated rings. The van der Waals surface area contributed by atoms with Crippen molar-refractivity contribution in [1.29, 1.82) is 0 Å². The largest absolute Gasteiger partial charge is 0.330 e. The van der Waals surface area contributed by atoms with E-state index in [9.17, 15) is 4.79 Å². The average molecular weight is 186 g/mol. The second-order valence-electron chi connectivity index (χ2n) is 3.73. The van der Waals surface area contributed by atoms with Gasteiger partial charge in [0, 0.05) is 6.54 Å². The first kappa shape index (κ1) is 10.5. The molecule has 4 nitrogen and oxygen atoms in total. The summed E-state index contributed by atoms with van der Waals surface area (Å²) in [7, 11) is 0. The lowest BCUT2D eigenvalue weighted by Crippen LogP contribution is -2.27. The molecule has 1 amide bonds. The van der Waals surface area contributed by atoms with Crippen LogP contribution in [0.2, 0.25) is 0 Å². The van der Waals surface area contributed by atoms with E-state index in [2.05, 4.69) is 13.8 Å². The molecule has 1 aliphatic heterocycles. The Morgan fingerprint density at radius 1 is 1.69 bits per heavy atom. The average Bonchev–Trinajstić information content (AvgIpc) is 2.44. The number of rotatable bonds is 4. The van der Waals surface area contributed by atoms with Crippen LogP contribution in [0.25, 0.3) is 0 Å². The van der Waals surface area contributed by atoms with Crippen molar-refractivity contribution in [3.8, 4) is 0 Å². The molecule has 1 heterocycles. The minimum absolute atomic E-state index is 0.0604. The van der Waals surface area contributed by atoms with Crippen LogP contribution in [0.4, 0.5) is 0 Å². The summed E-state index contributed by atoms with van der Waals surface area (Å²) in [5.41, 5.74) is 5.35. The van der Waals surface area contributed by atoms with Crippen LogP contribution in [-0.2, 0) is 9.63 Å². The summed E-state index contributed by atoms with van der Waals surface area (Å²) in [4.78, 5) is 16.8. The van der Waals surface area contributed by atoms with Crippen molar-refractivity contribution in [3.05, 3.63) is 0 Å². The van der Waals surface area contributed by atoms with E-state index >= 15 is 0 Å². The van der Waals surface area contributed by atoms with Gasteiger partial charge in [-0.05, 0) is 18.9 Å². The smallest absolute Gasteiger partial charge is 0.248 e. The number of hydroxylamine groups is 2. The van der Waals surface area contributed by atoms with E-state index in [1.807, 2.05) is 0 Å². The van der Waals surface area contributed by atoms with Crippen LogP contribution in [0, 0.1) is 5.92 Å². The summed E-state index contributed by atoms with van der Waals surface area (Å²) in [5.74, 6) is 0.485. The van der Waals surface area contributed by atoms with Gasteiger partial charge in [-0.3, -0.25) is 9.63 Å². The van der Waals surface area contributed by atoms with Gasteiger partial charge in [-0.2, -0.15) is 0 Å². The molecular formula is C9H18N2O2. The Bertz CT molecular complexity index is 182. The Hall–Kier alpha value is -0.610. The third-order valence-corrected chi connectivity index (χ3v) is 2.23. The van der Waals surface area contributed by atoms with Crippen LogP contribution >= 0.6 is 0 Å². The van der Waals surface area contributed by atoms with E-state index in [1.54, 1.807) is 0 Å². The first-order chi connectivity index (χ1) is 6.15. The highest BCUT2D eigenvalue weighted by Crippen LogP contribution is 2.21. The van der Waals surface area contributed by atoms with Gasteiger partial charge in [0.2, 0.25) is 5.91 Å². The van der Waals surface area contributed by atoms with Crippen LogP contribution < -0.4 is 5.73 Å². The molecule has 0 spiro atoms. The molecule has 1 atom stereocenters. The number of carbonyl (C=O) groups is 1. The lowest BCUT2D eigenvalue weighted by molar-refractivity contribution is -0.177. The van der Waals surface area contributed by atoms with Gasteiger partial charge in [0.25, 0.3) is 0 Å². The molecule has 2 N–H and O–H groups in total. The highest BCUT2D eigenvalue weighted by Gasteiger charge is 2.32. The van der Waals surface area contributed by atoms with E-state index in [0.29, 0.717) is 25.4 Å². The summed E-state index contributed by atoms with van der Waals surface area (Å²) < 4.78 is 0. The molecule has 0 saturated carbocycles. The Kier molecular flexibility index (Phi) is 3.69. The highest BCUT2D eigenvalue weighted by molar-refractivity contribution is 5.77. The van der Waals surface area contributed by atoms with Gasteiger partial charge in [-0.1, -0.05) is 13.8 Å². The van der Waals surface area contributed by atoms with Gasteiger partial charge in [0.15, 0.2) is 0 Å². The SMILES string of the molecule is CC(C)C1CC(=O)N(CCCN)O1. The molecule has 1 rings (SSSR count). The fourth-order valence-electron chi connectivity index (χ4n) is 1.30. The van der Waals surface area contributed by atoms with E-state index in [4.69, 9.17) is 10.6 Å². The molecule has 1 saturated heterocycles. The lowest BCUT2D eigenvalue weighted by atomic mass is 10.1. The Labute approximate surface area is 79.0 Å². The van der Waals surface area contributed by atoms with Crippen LogP contribution in [0.1, 0.15) is 26.7 Å². The van der Waals surface area contributed by atoms with Crippen molar-refractivity contribution >= 4 is 5.91 Å².